The third-order valence-electron chi connectivity index (χ3n) is 5.84. The largest absolute Gasteiger partial charge is 0.463 e. The van der Waals surface area contributed by atoms with Gasteiger partial charge in [-0.15, -0.1) is 11.6 Å². The maximum atomic E-state index is 11.3. The van der Waals surface area contributed by atoms with Crippen LogP contribution in [0.15, 0.2) is 72.8 Å². The molecule has 0 spiro atoms. The predicted octanol–water partition coefficient (Wildman–Crippen LogP) is 4.46. The topological polar surface area (TPSA) is 62.0 Å². The minimum atomic E-state index is -0.402. The van der Waals surface area contributed by atoms with Crippen LogP contribution in [0.2, 0.25) is 0 Å². The lowest BCUT2D eigenvalue weighted by atomic mass is 9.85. The summed E-state index contributed by atoms with van der Waals surface area (Å²) in [6.45, 7) is 0.887. The summed E-state index contributed by atoms with van der Waals surface area (Å²) in [4.78, 5) is 15.4. The van der Waals surface area contributed by atoms with Crippen LogP contribution in [0.4, 0.5) is 17.1 Å². The van der Waals surface area contributed by atoms with Gasteiger partial charge in [0.1, 0.15) is 12.5 Å². The summed E-state index contributed by atoms with van der Waals surface area (Å²) < 4.78 is 5.09. The van der Waals surface area contributed by atoms with Gasteiger partial charge in [-0.2, -0.15) is 0 Å². The van der Waals surface area contributed by atoms with Gasteiger partial charge in [0.2, 0.25) is 0 Å². The minimum absolute atomic E-state index is 0.0809. The van der Waals surface area contributed by atoms with Crippen LogP contribution >= 0.6 is 11.6 Å². The molecule has 7 heteroatoms. The Morgan fingerprint density at radius 1 is 0.794 bits per heavy atom. The molecule has 0 fully saturated rings. The molecule has 34 heavy (non-hydrogen) atoms. The van der Waals surface area contributed by atoms with E-state index in [4.69, 9.17) is 22.2 Å². The molecule has 1 unspecified atom stereocenters. The van der Waals surface area contributed by atoms with Crippen LogP contribution in [-0.4, -0.2) is 53.2 Å². The molecule has 3 aromatic rings. The number of alkyl halides is 1. The summed E-state index contributed by atoms with van der Waals surface area (Å²) in [5, 5.41) is 1.61. The molecule has 0 aliphatic heterocycles. The van der Waals surface area contributed by atoms with Crippen molar-refractivity contribution in [3.63, 3.8) is 0 Å². The van der Waals surface area contributed by atoms with Crippen molar-refractivity contribution < 1.29 is 9.53 Å². The maximum absolute atomic E-state index is 11.3. The van der Waals surface area contributed by atoms with Crippen LogP contribution in [0.3, 0.4) is 0 Å². The maximum Gasteiger partial charge on any atom is 0.320 e. The Morgan fingerprint density at radius 3 is 1.65 bits per heavy atom. The summed E-state index contributed by atoms with van der Waals surface area (Å²) >= 11 is 5.48. The van der Waals surface area contributed by atoms with E-state index in [9.17, 15) is 4.79 Å². The van der Waals surface area contributed by atoms with Gasteiger partial charge < -0.3 is 19.5 Å². The number of esters is 1. The van der Waals surface area contributed by atoms with Crippen molar-refractivity contribution in [3.05, 3.63) is 89.5 Å². The van der Waals surface area contributed by atoms with E-state index in [0.717, 1.165) is 17.1 Å². The zero-order chi connectivity index (χ0) is 24.7. The Morgan fingerprint density at radius 2 is 1.24 bits per heavy atom. The number of nitrogens with zero attached hydrogens (tertiary/aromatic N) is 3. The number of halogens is 1. The van der Waals surface area contributed by atoms with Crippen molar-refractivity contribution in [3.8, 4) is 0 Å². The first-order chi connectivity index (χ1) is 16.3. The van der Waals surface area contributed by atoms with Gasteiger partial charge in [-0.1, -0.05) is 36.4 Å². The number of likely N-dealkylation sites (N-methyl/N-ethyl adjacent to an activating group) is 1. The highest BCUT2D eigenvalue weighted by Gasteiger charge is 2.18. The summed E-state index contributed by atoms with van der Waals surface area (Å²) in [5.41, 5.74) is 6.77. The van der Waals surface area contributed by atoms with E-state index >= 15 is 0 Å². The molecule has 0 heterocycles. The number of carbonyl (C=O) groups excluding carboxylic acids is 1. The van der Waals surface area contributed by atoms with Crippen molar-refractivity contribution in [2.24, 2.45) is 5.84 Å². The van der Waals surface area contributed by atoms with Crippen molar-refractivity contribution in [1.82, 2.24) is 0 Å². The van der Waals surface area contributed by atoms with Crippen LogP contribution < -0.4 is 20.7 Å². The van der Waals surface area contributed by atoms with Gasteiger partial charge in [-0.05, 0) is 53.1 Å². The molecule has 3 aromatic carbocycles. The molecule has 1 atom stereocenters. The average Bonchev–Trinajstić information content (AvgIpc) is 2.85. The minimum Gasteiger partial charge on any atom is -0.463 e. The van der Waals surface area contributed by atoms with Gasteiger partial charge in [0.05, 0.1) is 12.2 Å². The SMILES string of the molecule is CN(C)c1ccc(C(c2ccc(N(C)N)cc2)c2ccc(N(C)CCOC(=O)CCl)cc2)cc1. The second-order valence-electron chi connectivity index (χ2n) is 8.49. The normalized spacial score (nSPS) is 11.6. The Bertz CT molecular complexity index is 1000. The monoisotopic (exact) mass is 480 g/mol. The highest BCUT2D eigenvalue weighted by Crippen LogP contribution is 2.34. The summed E-state index contributed by atoms with van der Waals surface area (Å²) in [6, 6.07) is 25.5. The second kappa shape index (κ2) is 11.8. The van der Waals surface area contributed by atoms with E-state index in [1.165, 1.54) is 16.7 Å². The van der Waals surface area contributed by atoms with E-state index in [1.807, 2.05) is 40.3 Å². The number of ether oxygens (including phenoxy) is 1. The molecule has 180 valence electrons. The van der Waals surface area contributed by atoms with E-state index in [2.05, 4.69) is 70.5 Å². The Balaban J connectivity index is 1.87. The Kier molecular flexibility index (Phi) is 8.79. The van der Waals surface area contributed by atoms with Crippen molar-refractivity contribution >= 4 is 34.6 Å². The molecule has 0 saturated heterocycles. The number of anilines is 3. The summed E-state index contributed by atoms with van der Waals surface area (Å²) in [6.07, 6.45) is 0. The van der Waals surface area contributed by atoms with E-state index in [1.54, 1.807) is 5.01 Å². The Hall–Kier alpha value is -3.22. The summed E-state index contributed by atoms with van der Waals surface area (Å²) in [5.74, 6) is 5.45. The van der Waals surface area contributed by atoms with Crippen LogP contribution in [0, 0.1) is 0 Å². The van der Waals surface area contributed by atoms with E-state index in [0.29, 0.717) is 13.2 Å². The summed E-state index contributed by atoms with van der Waals surface area (Å²) in [7, 11) is 7.89. The van der Waals surface area contributed by atoms with Crippen LogP contribution in [0.5, 0.6) is 0 Å². The third kappa shape index (κ3) is 6.43. The number of rotatable bonds is 10. The zero-order valence-corrected chi connectivity index (χ0v) is 21.0. The lowest BCUT2D eigenvalue weighted by Crippen LogP contribution is -2.24. The first-order valence-electron chi connectivity index (χ1n) is 11.2. The first kappa shape index (κ1) is 25.4. The van der Waals surface area contributed by atoms with E-state index in [-0.39, 0.29) is 11.8 Å². The van der Waals surface area contributed by atoms with Gasteiger partial charge >= 0.3 is 5.97 Å². The van der Waals surface area contributed by atoms with Gasteiger partial charge in [0.15, 0.2) is 0 Å². The molecular formula is C27H33ClN4O2. The zero-order valence-electron chi connectivity index (χ0n) is 20.2. The van der Waals surface area contributed by atoms with Crippen molar-refractivity contribution in [1.29, 1.82) is 0 Å². The van der Waals surface area contributed by atoms with Crippen molar-refractivity contribution in [2.45, 2.75) is 5.92 Å². The average molecular weight is 481 g/mol. The molecule has 0 radical (unpaired) electrons. The highest BCUT2D eigenvalue weighted by atomic mass is 35.5. The van der Waals surface area contributed by atoms with E-state index < -0.39 is 5.97 Å². The molecule has 0 amide bonds. The number of hydrazine groups is 1. The number of nitrogens with two attached hydrogens (primary N) is 1. The lowest BCUT2D eigenvalue weighted by Gasteiger charge is -2.23. The molecule has 2 N–H and O–H groups in total. The molecule has 0 aromatic heterocycles. The molecule has 0 bridgehead atoms. The molecule has 3 rings (SSSR count). The van der Waals surface area contributed by atoms with Gasteiger partial charge in [-0.3, -0.25) is 4.79 Å². The Labute approximate surface area is 207 Å². The standard InChI is InChI=1S/C27H33ClN4O2/c1-30(2)23-11-5-20(6-12-23)27(22-9-15-25(16-10-22)32(4)29)21-7-13-24(14-8-21)31(3)17-18-34-26(33)19-28/h5-16,27H,17-19,29H2,1-4H3. The molecule has 0 aliphatic rings. The number of hydrogen-bond donors (Lipinski definition) is 1. The highest BCUT2D eigenvalue weighted by molar-refractivity contribution is 6.26. The first-order valence-corrected chi connectivity index (χ1v) is 11.7. The van der Waals surface area contributed by atoms with Crippen LogP contribution in [0.1, 0.15) is 22.6 Å². The third-order valence-corrected chi connectivity index (χ3v) is 6.06. The lowest BCUT2D eigenvalue weighted by molar-refractivity contribution is -0.140. The van der Waals surface area contributed by atoms with Gasteiger partial charge in [0, 0.05) is 45.5 Å². The van der Waals surface area contributed by atoms with Crippen LogP contribution in [-0.2, 0) is 9.53 Å². The molecule has 6 nitrogen and oxygen atoms in total. The fourth-order valence-electron chi connectivity index (χ4n) is 3.83. The predicted molar refractivity (Wildman–Crippen MR) is 142 cm³/mol. The molecular weight excluding hydrogens is 448 g/mol. The van der Waals surface area contributed by atoms with Gasteiger partial charge in [0.25, 0.3) is 0 Å². The number of benzene rings is 3. The quantitative estimate of drug-likeness (QED) is 0.152. The number of carbonyl (C=O) groups is 1. The van der Waals surface area contributed by atoms with Crippen LogP contribution in [0.25, 0.3) is 0 Å². The number of hydrogen-bond acceptors (Lipinski definition) is 6. The van der Waals surface area contributed by atoms with Crippen molar-refractivity contribution in [2.75, 3.05) is 62.0 Å². The smallest absolute Gasteiger partial charge is 0.320 e. The van der Waals surface area contributed by atoms with Gasteiger partial charge in [-0.25, -0.2) is 5.84 Å². The fraction of sp³-hybridized carbons (Fsp3) is 0.296. The second-order valence-corrected chi connectivity index (χ2v) is 8.76. The molecule has 0 aliphatic carbocycles. The fourth-order valence-corrected chi connectivity index (χ4v) is 3.91. The molecule has 0 saturated carbocycles.